The fourth-order valence-electron chi connectivity index (χ4n) is 9.16. The van der Waals surface area contributed by atoms with Gasteiger partial charge in [0.15, 0.2) is 0 Å². The highest BCUT2D eigenvalue weighted by Gasteiger charge is 2.21. The molecule has 10 aromatic rings. The average Bonchev–Trinajstić information content (AvgIpc) is 3.24. The Kier molecular flexibility index (Phi) is 7.10. The van der Waals surface area contributed by atoms with Crippen molar-refractivity contribution in [1.29, 1.82) is 0 Å². The molecule has 0 aromatic heterocycles. The fourth-order valence-corrected chi connectivity index (χ4v) is 9.16. The second kappa shape index (κ2) is 12.4. The van der Waals surface area contributed by atoms with E-state index in [1.807, 2.05) is 0 Å². The predicted molar refractivity (Wildman–Crippen MR) is 232 cm³/mol. The molecule has 0 amide bonds. The first-order valence-corrected chi connectivity index (χ1v) is 19.0. The van der Waals surface area contributed by atoms with Crippen molar-refractivity contribution in [3.8, 4) is 33.4 Å². The van der Waals surface area contributed by atoms with Crippen LogP contribution in [0.4, 0.5) is 0 Å². The largest absolute Gasteiger partial charge is 0.0761 e. The Morgan fingerprint density at radius 3 is 1.59 bits per heavy atom. The maximum atomic E-state index is 2.47. The van der Waals surface area contributed by atoms with Crippen LogP contribution in [-0.2, 0) is 6.42 Å². The van der Waals surface area contributed by atoms with Gasteiger partial charge in [0.1, 0.15) is 0 Å². The second-order valence-corrected chi connectivity index (χ2v) is 14.8. The summed E-state index contributed by atoms with van der Waals surface area (Å²) in [5, 5.41) is 12.8. The van der Waals surface area contributed by atoms with Crippen LogP contribution in [0.5, 0.6) is 0 Å². The van der Waals surface area contributed by atoms with Crippen LogP contribution < -0.4 is 0 Å². The van der Waals surface area contributed by atoms with Gasteiger partial charge in [0.25, 0.3) is 0 Å². The minimum absolute atomic E-state index is 0.346. The van der Waals surface area contributed by atoms with Gasteiger partial charge in [0, 0.05) is 5.92 Å². The molecule has 0 saturated heterocycles. The predicted octanol–water partition coefficient (Wildman–Crippen LogP) is 14.8. The first kappa shape index (κ1) is 30.8. The van der Waals surface area contributed by atoms with Gasteiger partial charge in [-0.3, -0.25) is 0 Å². The van der Waals surface area contributed by atoms with Crippen LogP contribution in [0.2, 0.25) is 0 Å². The highest BCUT2D eigenvalue weighted by atomic mass is 14.2. The Labute approximate surface area is 315 Å². The lowest BCUT2D eigenvalue weighted by atomic mass is 9.81. The molecular formula is C54H36. The van der Waals surface area contributed by atoms with Crippen molar-refractivity contribution in [3.63, 3.8) is 0 Å². The molecule has 0 aliphatic heterocycles. The quantitative estimate of drug-likeness (QED) is 0.162. The van der Waals surface area contributed by atoms with E-state index in [0.717, 1.165) is 6.42 Å². The number of rotatable bonds is 4. The summed E-state index contributed by atoms with van der Waals surface area (Å²) < 4.78 is 0. The zero-order valence-electron chi connectivity index (χ0n) is 29.8. The van der Waals surface area contributed by atoms with Gasteiger partial charge in [-0.25, -0.2) is 0 Å². The maximum absolute atomic E-state index is 2.47. The van der Waals surface area contributed by atoms with Crippen LogP contribution in [-0.4, -0.2) is 0 Å². The molecule has 1 aliphatic rings. The molecule has 0 nitrogen and oxygen atoms in total. The Hall–Kier alpha value is -6.76. The monoisotopic (exact) mass is 684 g/mol. The average molecular weight is 685 g/mol. The lowest BCUT2D eigenvalue weighted by Gasteiger charge is -2.23. The maximum Gasteiger partial charge on any atom is 0.00621 e. The summed E-state index contributed by atoms with van der Waals surface area (Å²) in [6, 6.07) is 69.9. The van der Waals surface area contributed by atoms with Crippen LogP contribution in [0, 0.1) is 0 Å². The van der Waals surface area contributed by atoms with Crippen LogP contribution in [0.15, 0.2) is 194 Å². The van der Waals surface area contributed by atoms with Crippen molar-refractivity contribution in [1.82, 2.24) is 0 Å². The molecule has 0 N–H and O–H groups in total. The summed E-state index contributed by atoms with van der Waals surface area (Å²) in [6.07, 6.45) is 5.71. The number of benzene rings is 10. The zero-order valence-corrected chi connectivity index (χ0v) is 29.8. The summed E-state index contributed by atoms with van der Waals surface area (Å²) in [5.41, 5.74) is 11.7. The van der Waals surface area contributed by atoms with E-state index in [-0.39, 0.29) is 0 Å². The minimum Gasteiger partial charge on any atom is -0.0761 e. The second-order valence-electron chi connectivity index (χ2n) is 14.8. The van der Waals surface area contributed by atoms with Gasteiger partial charge >= 0.3 is 0 Å². The SMILES string of the molecule is C1=CC(c2ccc3ccccc3c2)Cc2cc(-c3c4ccccc4c(-c4cccc5c(-c6ccc7ccccc7c6)cccc45)c4ccccc34)ccc21. The van der Waals surface area contributed by atoms with Crippen molar-refractivity contribution in [2.75, 3.05) is 0 Å². The van der Waals surface area contributed by atoms with Crippen molar-refractivity contribution in [3.05, 3.63) is 211 Å². The molecule has 0 fully saturated rings. The van der Waals surface area contributed by atoms with Crippen molar-refractivity contribution in [2.24, 2.45) is 0 Å². The van der Waals surface area contributed by atoms with E-state index < -0.39 is 0 Å². The first-order chi connectivity index (χ1) is 26.8. The van der Waals surface area contributed by atoms with Crippen LogP contribution in [0.3, 0.4) is 0 Å². The van der Waals surface area contributed by atoms with Crippen molar-refractivity contribution < 1.29 is 0 Å². The van der Waals surface area contributed by atoms with Crippen molar-refractivity contribution in [2.45, 2.75) is 12.3 Å². The van der Waals surface area contributed by atoms with Gasteiger partial charge in [-0.1, -0.05) is 194 Å². The lowest BCUT2D eigenvalue weighted by molar-refractivity contribution is 0.829. The lowest BCUT2D eigenvalue weighted by Crippen LogP contribution is -2.06. The van der Waals surface area contributed by atoms with E-state index in [9.17, 15) is 0 Å². The van der Waals surface area contributed by atoms with Gasteiger partial charge in [-0.2, -0.15) is 0 Å². The van der Waals surface area contributed by atoms with Crippen LogP contribution >= 0.6 is 0 Å². The number of allylic oxidation sites excluding steroid dienone is 1. The minimum atomic E-state index is 0.346. The van der Waals surface area contributed by atoms with Gasteiger partial charge < -0.3 is 0 Å². The molecule has 0 bridgehead atoms. The van der Waals surface area contributed by atoms with E-state index in [2.05, 4.69) is 200 Å². The van der Waals surface area contributed by atoms with E-state index in [0.29, 0.717) is 5.92 Å². The van der Waals surface area contributed by atoms with Crippen molar-refractivity contribution >= 4 is 59.9 Å². The normalized spacial score (nSPS) is 14.0. The van der Waals surface area contributed by atoms with Gasteiger partial charge in [0.2, 0.25) is 0 Å². The molecule has 252 valence electrons. The molecule has 0 heterocycles. The third-order valence-corrected chi connectivity index (χ3v) is 11.8. The Balaban J connectivity index is 1.07. The van der Waals surface area contributed by atoms with Crippen LogP contribution in [0.1, 0.15) is 22.6 Å². The molecule has 11 rings (SSSR count). The van der Waals surface area contributed by atoms with Gasteiger partial charge in [-0.05, 0) is 116 Å². The Morgan fingerprint density at radius 1 is 0.352 bits per heavy atom. The van der Waals surface area contributed by atoms with E-state index in [4.69, 9.17) is 0 Å². The Morgan fingerprint density at radius 2 is 0.889 bits per heavy atom. The highest BCUT2D eigenvalue weighted by Crippen LogP contribution is 2.47. The zero-order chi connectivity index (χ0) is 35.6. The number of hydrogen-bond acceptors (Lipinski definition) is 0. The molecule has 0 radical (unpaired) electrons. The molecule has 1 atom stereocenters. The highest BCUT2D eigenvalue weighted by molar-refractivity contribution is 6.24. The number of fused-ring (bicyclic) bond motifs is 6. The molecule has 54 heavy (non-hydrogen) atoms. The summed E-state index contributed by atoms with van der Waals surface area (Å²) >= 11 is 0. The van der Waals surface area contributed by atoms with E-state index in [1.54, 1.807) is 0 Å². The van der Waals surface area contributed by atoms with Gasteiger partial charge in [-0.15, -0.1) is 0 Å². The molecule has 0 heteroatoms. The molecule has 10 aromatic carbocycles. The summed E-state index contributed by atoms with van der Waals surface area (Å²) in [6.45, 7) is 0. The Bertz CT molecular complexity index is 3080. The first-order valence-electron chi connectivity index (χ1n) is 19.0. The standard InChI is InChI=1S/C54H36/c1-3-13-38-31-40(27-23-35(38)11-1)41-28-24-37-26-30-43(34-44(37)33-41)53-49-15-5-7-17-51(49)54(52-18-8-6-16-50(52)53)48-22-10-20-46-45(19-9-21-47(46)48)42-29-25-36-12-2-4-14-39(36)32-42/h1-32,34,41H,33H2. The van der Waals surface area contributed by atoms with Crippen LogP contribution in [0.25, 0.3) is 93.3 Å². The number of hydrogen-bond donors (Lipinski definition) is 0. The molecular weight excluding hydrogens is 649 g/mol. The molecule has 0 saturated carbocycles. The smallest absolute Gasteiger partial charge is 0.00621 e. The third-order valence-electron chi connectivity index (χ3n) is 11.8. The molecule has 0 spiro atoms. The topological polar surface area (TPSA) is 0 Å². The van der Waals surface area contributed by atoms with E-state index >= 15 is 0 Å². The van der Waals surface area contributed by atoms with E-state index in [1.165, 1.54) is 104 Å². The third kappa shape index (κ3) is 4.99. The summed E-state index contributed by atoms with van der Waals surface area (Å²) in [4.78, 5) is 0. The summed E-state index contributed by atoms with van der Waals surface area (Å²) in [7, 11) is 0. The molecule has 1 unspecified atom stereocenters. The fraction of sp³-hybridized carbons (Fsp3) is 0.0370. The summed E-state index contributed by atoms with van der Waals surface area (Å²) in [5.74, 6) is 0.346. The van der Waals surface area contributed by atoms with Gasteiger partial charge in [0.05, 0.1) is 0 Å². The molecule has 1 aliphatic carbocycles.